The van der Waals surface area contributed by atoms with Crippen molar-refractivity contribution >= 4 is 0 Å². The Labute approximate surface area is 185 Å². The molecule has 1 N–H and O–H groups in total. The minimum Gasteiger partial charge on any atom is -0.391 e. The van der Waals surface area contributed by atoms with Gasteiger partial charge < -0.3 is 10.0 Å². The van der Waals surface area contributed by atoms with Crippen molar-refractivity contribution in [3.8, 4) is 0 Å². The smallest absolute Gasteiger partial charge is 0.0751 e. The van der Waals surface area contributed by atoms with Crippen LogP contribution in [0.25, 0.3) is 0 Å². The molecule has 2 aliphatic heterocycles. The summed E-state index contributed by atoms with van der Waals surface area (Å²) in [6.07, 6.45) is 16.8. The standard InChI is InChI=1S/C27H46N2O/c1-26-12-11-22-21(23(26)17-24(25(26)30)29-15-5-6-16-29)10-8-19-7-9-20(18-27(19,22)2)28-13-3-4-14-28/h19-25,30H,3-18H2,1-2H3. The van der Waals surface area contributed by atoms with Gasteiger partial charge in [0.25, 0.3) is 0 Å². The van der Waals surface area contributed by atoms with E-state index in [0.29, 0.717) is 11.5 Å². The van der Waals surface area contributed by atoms with Crippen LogP contribution in [-0.4, -0.2) is 59.3 Å². The first-order chi connectivity index (χ1) is 14.5. The summed E-state index contributed by atoms with van der Waals surface area (Å²) in [6, 6.07) is 1.32. The number of hydrogen-bond donors (Lipinski definition) is 1. The zero-order chi connectivity index (χ0) is 20.5. The fraction of sp³-hybridized carbons (Fsp3) is 1.00. The molecule has 0 aromatic heterocycles. The van der Waals surface area contributed by atoms with Crippen LogP contribution in [0.3, 0.4) is 0 Å². The highest BCUT2D eigenvalue weighted by Crippen LogP contribution is 2.66. The first-order valence-electron chi connectivity index (χ1n) is 13.7. The van der Waals surface area contributed by atoms with Gasteiger partial charge in [0.05, 0.1) is 6.10 Å². The van der Waals surface area contributed by atoms with Crippen LogP contribution < -0.4 is 0 Å². The number of rotatable bonds is 2. The third-order valence-corrected chi connectivity index (χ3v) is 11.8. The molecule has 0 aromatic carbocycles. The molecule has 170 valence electrons. The van der Waals surface area contributed by atoms with E-state index in [1.807, 2.05) is 0 Å². The van der Waals surface area contributed by atoms with E-state index in [4.69, 9.17) is 0 Å². The van der Waals surface area contributed by atoms with Crippen LogP contribution in [0.5, 0.6) is 0 Å². The SMILES string of the molecule is CC12CC(N3CCCC3)CCC1CCC1C2CCC2(C)C(O)C(N3CCCC3)CC12. The molecule has 6 rings (SSSR count). The number of aliphatic hydroxyl groups is 1. The van der Waals surface area contributed by atoms with Crippen molar-refractivity contribution in [1.29, 1.82) is 0 Å². The minimum atomic E-state index is -0.0872. The zero-order valence-electron chi connectivity index (χ0n) is 19.7. The molecule has 9 atom stereocenters. The predicted octanol–water partition coefficient (Wildman–Crippen LogP) is 4.93. The number of fused-ring (bicyclic) bond motifs is 5. The van der Waals surface area contributed by atoms with Crippen molar-refractivity contribution in [3.63, 3.8) is 0 Å². The van der Waals surface area contributed by atoms with E-state index in [1.165, 1.54) is 103 Å². The van der Waals surface area contributed by atoms with Crippen molar-refractivity contribution < 1.29 is 5.11 Å². The minimum absolute atomic E-state index is 0.0872. The molecule has 2 heterocycles. The second-order valence-corrected chi connectivity index (χ2v) is 12.9. The van der Waals surface area contributed by atoms with Crippen LogP contribution in [0, 0.1) is 34.5 Å². The van der Waals surface area contributed by atoms with Gasteiger partial charge in [-0.3, -0.25) is 4.90 Å². The first-order valence-corrected chi connectivity index (χ1v) is 13.7. The van der Waals surface area contributed by atoms with Gasteiger partial charge in [0.1, 0.15) is 0 Å². The molecule has 4 aliphatic carbocycles. The Bertz CT molecular complexity index is 641. The summed E-state index contributed by atoms with van der Waals surface area (Å²) in [7, 11) is 0. The van der Waals surface area contributed by atoms with Crippen LogP contribution in [0.4, 0.5) is 0 Å². The largest absolute Gasteiger partial charge is 0.391 e. The fourth-order valence-electron chi connectivity index (χ4n) is 10.2. The van der Waals surface area contributed by atoms with Crippen molar-refractivity contribution in [1.82, 2.24) is 9.80 Å². The summed E-state index contributed by atoms with van der Waals surface area (Å²) in [5.41, 5.74) is 0.743. The van der Waals surface area contributed by atoms with E-state index in [1.54, 1.807) is 0 Å². The highest BCUT2D eigenvalue weighted by molar-refractivity contribution is 5.13. The third-order valence-electron chi connectivity index (χ3n) is 11.8. The number of aliphatic hydroxyl groups excluding tert-OH is 1. The molecule has 6 aliphatic rings. The lowest BCUT2D eigenvalue weighted by Crippen LogP contribution is -2.56. The van der Waals surface area contributed by atoms with Gasteiger partial charge in [-0.15, -0.1) is 0 Å². The maximum Gasteiger partial charge on any atom is 0.0751 e. The van der Waals surface area contributed by atoms with Crippen LogP contribution in [-0.2, 0) is 0 Å². The molecule has 0 bridgehead atoms. The first kappa shape index (κ1) is 20.5. The lowest BCUT2D eigenvalue weighted by Gasteiger charge is -2.61. The van der Waals surface area contributed by atoms with Crippen LogP contribution in [0.2, 0.25) is 0 Å². The van der Waals surface area contributed by atoms with Gasteiger partial charge in [-0.25, -0.2) is 0 Å². The quantitative estimate of drug-likeness (QED) is 0.694. The van der Waals surface area contributed by atoms with Gasteiger partial charge in [-0.2, -0.15) is 0 Å². The van der Waals surface area contributed by atoms with Gasteiger partial charge in [0, 0.05) is 12.1 Å². The molecule has 4 saturated carbocycles. The maximum absolute atomic E-state index is 11.5. The van der Waals surface area contributed by atoms with E-state index < -0.39 is 0 Å². The van der Waals surface area contributed by atoms with Crippen LogP contribution in [0.1, 0.15) is 90.9 Å². The molecule has 3 nitrogen and oxygen atoms in total. The Balaban J connectivity index is 1.25. The monoisotopic (exact) mass is 414 g/mol. The number of likely N-dealkylation sites (tertiary alicyclic amines) is 2. The molecule has 3 heteroatoms. The van der Waals surface area contributed by atoms with E-state index in [-0.39, 0.29) is 11.5 Å². The normalized spacial score (nSPS) is 54.7. The Morgan fingerprint density at radius 1 is 0.733 bits per heavy atom. The van der Waals surface area contributed by atoms with Crippen LogP contribution >= 0.6 is 0 Å². The molecule has 9 unspecified atom stereocenters. The fourth-order valence-corrected chi connectivity index (χ4v) is 10.2. The lowest BCUT2D eigenvalue weighted by atomic mass is 9.45. The van der Waals surface area contributed by atoms with E-state index in [0.717, 1.165) is 29.7 Å². The van der Waals surface area contributed by atoms with E-state index in [9.17, 15) is 5.11 Å². The molecular formula is C27H46N2O. The van der Waals surface area contributed by atoms with Gasteiger partial charge in [0.2, 0.25) is 0 Å². The summed E-state index contributed by atoms with van der Waals surface area (Å²) in [4.78, 5) is 5.53. The average Bonchev–Trinajstić information content (AvgIpc) is 3.49. The van der Waals surface area contributed by atoms with Crippen molar-refractivity contribution in [2.24, 2.45) is 34.5 Å². The summed E-state index contributed by atoms with van der Waals surface area (Å²) in [6.45, 7) is 10.4. The lowest BCUT2D eigenvalue weighted by molar-refractivity contribution is -0.131. The molecular weight excluding hydrogens is 368 g/mol. The third kappa shape index (κ3) is 2.93. The highest BCUT2D eigenvalue weighted by atomic mass is 16.3. The predicted molar refractivity (Wildman–Crippen MR) is 122 cm³/mol. The Hall–Kier alpha value is -0.120. The average molecular weight is 415 g/mol. The van der Waals surface area contributed by atoms with E-state index in [2.05, 4.69) is 23.6 Å². The molecule has 30 heavy (non-hydrogen) atoms. The number of nitrogens with zero attached hydrogens (tertiary/aromatic N) is 2. The highest BCUT2D eigenvalue weighted by Gasteiger charge is 2.63. The summed E-state index contributed by atoms with van der Waals surface area (Å²) >= 11 is 0. The van der Waals surface area contributed by atoms with Gasteiger partial charge in [0.15, 0.2) is 0 Å². The summed E-state index contributed by atoms with van der Waals surface area (Å²) < 4.78 is 0. The van der Waals surface area contributed by atoms with Gasteiger partial charge in [-0.1, -0.05) is 13.8 Å². The topological polar surface area (TPSA) is 26.7 Å². The Morgan fingerprint density at radius 2 is 1.40 bits per heavy atom. The van der Waals surface area contributed by atoms with Crippen LogP contribution in [0.15, 0.2) is 0 Å². The van der Waals surface area contributed by atoms with Crippen molar-refractivity contribution in [2.45, 2.75) is 109 Å². The van der Waals surface area contributed by atoms with Crippen molar-refractivity contribution in [3.05, 3.63) is 0 Å². The Morgan fingerprint density at radius 3 is 2.13 bits per heavy atom. The summed E-state index contributed by atoms with van der Waals surface area (Å²) in [5, 5.41) is 11.5. The molecule has 0 amide bonds. The molecule has 6 fully saturated rings. The van der Waals surface area contributed by atoms with Gasteiger partial charge in [-0.05, 0) is 138 Å². The molecule has 0 aromatic rings. The van der Waals surface area contributed by atoms with E-state index >= 15 is 0 Å². The second kappa shape index (κ2) is 7.45. The maximum atomic E-state index is 11.5. The zero-order valence-corrected chi connectivity index (χ0v) is 19.7. The summed E-state index contributed by atoms with van der Waals surface area (Å²) in [5.74, 6) is 3.54. The second-order valence-electron chi connectivity index (χ2n) is 12.9. The molecule has 0 spiro atoms. The number of hydrogen-bond acceptors (Lipinski definition) is 3. The van der Waals surface area contributed by atoms with Crippen molar-refractivity contribution in [2.75, 3.05) is 26.2 Å². The Kier molecular flexibility index (Phi) is 5.09. The molecule has 2 saturated heterocycles. The van der Waals surface area contributed by atoms with Gasteiger partial charge >= 0.3 is 0 Å². The molecule has 0 radical (unpaired) electrons.